The molecule has 3 rings (SSSR count). The minimum atomic E-state index is -1.13. The minimum Gasteiger partial charge on any atom is -0.388 e. The molecule has 0 aliphatic carbocycles. The Bertz CT molecular complexity index is 569. The van der Waals surface area contributed by atoms with Crippen LogP contribution in [-0.4, -0.2) is 63.6 Å². The van der Waals surface area contributed by atoms with Crippen LogP contribution in [0.2, 0.25) is 0 Å². The van der Waals surface area contributed by atoms with Crippen LogP contribution in [0.5, 0.6) is 0 Å². The van der Waals surface area contributed by atoms with Crippen LogP contribution in [0.4, 0.5) is 15.3 Å². The molecule has 1 aromatic carbocycles. The van der Waals surface area contributed by atoms with Crippen molar-refractivity contribution in [3.63, 3.8) is 0 Å². The second-order valence-electron chi connectivity index (χ2n) is 5.16. The monoisotopic (exact) mass is 307 g/mol. The first-order valence-corrected chi connectivity index (χ1v) is 6.89. The van der Waals surface area contributed by atoms with Crippen molar-refractivity contribution in [2.24, 2.45) is 0 Å². The number of hydrogen-bond acceptors (Lipinski definition) is 5. The van der Waals surface area contributed by atoms with Gasteiger partial charge in [0.15, 0.2) is 0 Å². The number of fused-ring (bicyclic) bond motifs is 1. The number of nitrogens with one attached hydrogen (secondary N) is 3. The second kappa shape index (κ2) is 5.79. The molecular formula is C13H17N5O4. The van der Waals surface area contributed by atoms with Crippen LogP contribution in [-0.2, 0) is 0 Å². The van der Waals surface area contributed by atoms with E-state index in [1.54, 1.807) is 24.3 Å². The van der Waals surface area contributed by atoms with E-state index in [-0.39, 0.29) is 13.1 Å². The number of rotatable bonds is 1. The molecule has 9 nitrogen and oxygen atoms in total. The van der Waals surface area contributed by atoms with Gasteiger partial charge in [-0.1, -0.05) is 18.2 Å². The zero-order chi connectivity index (χ0) is 15.7. The van der Waals surface area contributed by atoms with Crippen molar-refractivity contribution in [2.75, 3.05) is 18.4 Å². The van der Waals surface area contributed by atoms with Crippen LogP contribution in [0.15, 0.2) is 30.3 Å². The van der Waals surface area contributed by atoms with Crippen LogP contribution in [0, 0.1) is 0 Å². The van der Waals surface area contributed by atoms with Crippen molar-refractivity contribution in [1.82, 2.24) is 20.9 Å². The third-order valence-corrected chi connectivity index (χ3v) is 3.70. The number of para-hydroxylation sites is 1. The molecule has 2 saturated heterocycles. The number of anilines is 1. The molecular weight excluding hydrogens is 290 g/mol. The molecule has 118 valence electrons. The molecule has 4 amide bonds. The maximum atomic E-state index is 12.4. The predicted molar refractivity (Wildman–Crippen MR) is 76.3 cm³/mol. The maximum absolute atomic E-state index is 12.4. The van der Waals surface area contributed by atoms with E-state index in [9.17, 15) is 19.8 Å². The summed E-state index contributed by atoms with van der Waals surface area (Å²) in [6.45, 7) is 0.0306. The number of hydrazine groups is 2. The average Bonchev–Trinajstić information content (AvgIpc) is 2.52. The van der Waals surface area contributed by atoms with Crippen molar-refractivity contribution in [3.8, 4) is 0 Å². The molecule has 0 radical (unpaired) electrons. The molecule has 0 bridgehead atoms. The van der Waals surface area contributed by atoms with E-state index in [2.05, 4.69) is 16.2 Å². The quantitative estimate of drug-likeness (QED) is 0.459. The average molecular weight is 307 g/mol. The number of benzene rings is 1. The van der Waals surface area contributed by atoms with Crippen LogP contribution in [0.25, 0.3) is 0 Å². The Kier molecular flexibility index (Phi) is 3.84. The SMILES string of the molecule is O=C(Nc1ccccc1)N1C[C@@H](O)[C@H](O)[C@H]2CNNC(=O)N21. The highest BCUT2D eigenvalue weighted by molar-refractivity contribution is 5.91. The van der Waals surface area contributed by atoms with Crippen LogP contribution >= 0.6 is 0 Å². The van der Waals surface area contributed by atoms with Crippen molar-refractivity contribution in [2.45, 2.75) is 18.2 Å². The lowest BCUT2D eigenvalue weighted by Crippen LogP contribution is -2.75. The fourth-order valence-electron chi connectivity index (χ4n) is 2.60. The first kappa shape index (κ1) is 14.6. The normalized spacial score (nSPS) is 27.9. The topological polar surface area (TPSA) is 117 Å². The molecule has 5 N–H and O–H groups in total. The number of aliphatic hydroxyl groups is 2. The molecule has 2 heterocycles. The first-order chi connectivity index (χ1) is 10.6. The summed E-state index contributed by atoms with van der Waals surface area (Å²) in [7, 11) is 0. The summed E-state index contributed by atoms with van der Waals surface area (Å²) >= 11 is 0. The molecule has 2 aliphatic heterocycles. The fraction of sp³-hybridized carbons (Fsp3) is 0.385. The van der Waals surface area contributed by atoms with Crippen molar-refractivity contribution < 1.29 is 19.8 Å². The highest BCUT2D eigenvalue weighted by atomic mass is 16.3. The highest BCUT2D eigenvalue weighted by Crippen LogP contribution is 2.22. The number of carbonyl (C=O) groups is 2. The maximum Gasteiger partial charge on any atom is 0.351 e. The molecule has 9 heteroatoms. The summed E-state index contributed by atoms with van der Waals surface area (Å²) in [5.74, 6) is 0. The summed E-state index contributed by atoms with van der Waals surface area (Å²) in [5, 5.41) is 24.8. The number of carbonyl (C=O) groups excluding carboxylic acids is 2. The fourth-order valence-corrected chi connectivity index (χ4v) is 2.60. The van der Waals surface area contributed by atoms with Gasteiger partial charge in [0.25, 0.3) is 0 Å². The van der Waals surface area contributed by atoms with Crippen LogP contribution in [0.3, 0.4) is 0 Å². The van der Waals surface area contributed by atoms with Gasteiger partial charge >= 0.3 is 12.1 Å². The van der Waals surface area contributed by atoms with E-state index < -0.39 is 30.3 Å². The lowest BCUT2D eigenvalue weighted by Gasteiger charge is -2.49. The number of nitrogens with zero attached hydrogens (tertiary/aromatic N) is 2. The van der Waals surface area contributed by atoms with Gasteiger partial charge in [-0.2, -0.15) is 0 Å². The van der Waals surface area contributed by atoms with E-state index in [1.807, 2.05) is 6.07 Å². The zero-order valence-corrected chi connectivity index (χ0v) is 11.6. The van der Waals surface area contributed by atoms with Gasteiger partial charge in [-0.15, -0.1) is 0 Å². The van der Waals surface area contributed by atoms with Gasteiger partial charge in [-0.3, -0.25) is 5.43 Å². The van der Waals surface area contributed by atoms with Crippen molar-refractivity contribution in [3.05, 3.63) is 30.3 Å². The Morgan fingerprint density at radius 1 is 1.27 bits per heavy atom. The molecule has 0 aromatic heterocycles. The third kappa shape index (κ3) is 2.56. The molecule has 0 unspecified atom stereocenters. The first-order valence-electron chi connectivity index (χ1n) is 6.89. The highest BCUT2D eigenvalue weighted by Gasteiger charge is 2.47. The number of urea groups is 2. The Hall–Kier alpha value is -2.36. The molecule has 1 aromatic rings. The van der Waals surface area contributed by atoms with Crippen LogP contribution in [0.1, 0.15) is 0 Å². The van der Waals surface area contributed by atoms with Gasteiger partial charge < -0.3 is 15.5 Å². The molecule has 2 aliphatic rings. The molecule has 2 fully saturated rings. The van der Waals surface area contributed by atoms with Gasteiger partial charge in [0, 0.05) is 12.2 Å². The molecule has 3 atom stereocenters. The van der Waals surface area contributed by atoms with Crippen molar-refractivity contribution >= 4 is 17.7 Å². The molecule has 0 saturated carbocycles. The standard InChI is InChI=1S/C13H17N5O4/c19-10-7-17(12(21)15-8-4-2-1-3-5-8)18-9(11(10)20)6-14-16-13(18)22/h1-5,9-11,14,19-20H,6-7H2,(H,15,21)(H,16,22)/t9-,10-,11-/m1/s1. The Morgan fingerprint density at radius 3 is 2.73 bits per heavy atom. The molecule has 0 spiro atoms. The van der Waals surface area contributed by atoms with E-state index in [1.165, 1.54) is 0 Å². The van der Waals surface area contributed by atoms with Gasteiger partial charge in [0.05, 0.1) is 12.6 Å². The zero-order valence-electron chi connectivity index (χ0n) is 11.6. The van der Waals surface area contributed by atoms with E-state index in [0.717, 1.165) is 10.0 Å². The predicted octanol–water partition coefficient (Wildman–Crippen LogP) is -0.931. The number of aliphatic hydroxyl groups excluding tert-OH is 2. The van der Waals surface area contributed by atoms with E-state index >= 15 is 0 Å². The summed E-state index contributed by atoms with van der Waals surface area (Å²) in [5.41, 5.74) is 5.58. The summed E-state index contributed by atoms with van der Waals surface area (Å²) in [4.78, 5) is 24.4. The lowest BCUT2D eigenvalue weighted by atomic mass is 10.0. The van der Waals surface area contributed by atoms with Crippen LogP contribution < -0.4 is 16.2 Å². The van der Waals surface area contributed by atoms with Gasteiger partial charge in [0.2, 0.25) is 0 Å². The summed E-state index contributed by atoms with van der Waals surface area (Å²) in [6, 6.07) is 6.93. The molecule has 22 heavy (non-hydrogen) atoms. The Labute approximate surface area is 126 Å². The largest absolute Gasteiger partial charge is 0.388 e. The number of hydrogen-bond donors (Lipinski definition) is 5. The number of β-amino-alcohol motifs (C(OH)–C–C–N with tert-alkyl or cyclic N) is 1. The van der Waals surface area contributed by atoms with E-state index in [0.29, 0.717) is 5.69 Å². The second-order valence-corrected chi connectivity index (χ2v) is 5.16. The van der Waals surface area contributed by atoms with E-state index in [4.69, 9.17) is 0 Å². The van der Waals surface area contributed by atoms with Crippen molar-refractivity contribution in [1.29, 1.82) is 0 Å². The van der Waals surface area contributed by atoms with Gasteiger partial charge in [0.1, 0.15) is 12.2 Å². The summed E-state index contributed by atoms with van der Waals surface area (Å²) in [6.07, 6.45) is -2.25. The van der Waals surface area contributed by atoms with Gasteiger partial charge in [-0.25, -0.2) is 25.0 Å². The Balaban J connectivity index is 1.81. The lowest BCUT2D eigenvalue weighted by molar-refractivity contribution is -0.140. The number of amides is 4. The minimum absolute atomic E-state index is 0.177. The third-order valence-electron chi connectivity index (χ3n) is 3.70. The Morgan fingerprint density at radius 2 is 2.00 bits per heavy atom. The smallest absolute Gasteiger partial charge is 0.351 e. The summed E-state index contributed by atoms with van der Waals surface area (Å²) < 4.78 is 0. The van der Waals surface area contributed by atoms with Gasteiger partial charge in [-0.05, 0) is 12.1 Å².